The number of halogens is 1. The number of benzene rings is 1. The summed E-state index contributed by atoms with van der Waals surface area (Å²) in [5.74, 6) is -1.32. The Bertz CT molecular complexity index is 515. The van der Waals surface area contributed by atoms with Crippen molar-refractivity contribution >= 4 is 23.5 Å². The van der Waals surface area contributed by atoms with Gasteiger partial charge in [-0.25, -0.2) is 0 Å². The van der Waals surface area contributed by atoms with Gasteiger partial charge >= 0.3 is 5.97 Å². The summed E-state index contributed by atoms with van der Waals surface area (Å²) in [6.45, 7) is 2.59. The number of hydrogen-bond donors (Lipinski definition) is 1. The Balaban J connectivity index is 2.12. The summed E-state index contributed by atoms with van der Waals surface area (Å²) >= 11 is 6.14. The minimum absolute atomic E-state index is 0.00542. The maximum Gasteiger partial charge on any atom is 0.308 e. The molecule has 4 nitrogen and oxygen atoms in total. The number of carboxylic acids is 1. The summed E-state index contributed by atoms with van der Waals surface area (Å²) in [4.78, 5) is 24.4. The van der Waals surface area contributed by atoms with Crippen molar-refractivity contribution in [3.05, 3.63) is 34.3 Å². The molecule has 1 unspecified atom stereocenters. The number of piperidine rings is 1. The van der Waals surface area contributed by atoms with Crippen LogP contribution >= 0.6 is 11.6 Å². The van der Waals surface area contributed by atoms with Gasteiger partial charge in [0.2, 0.25) is 5.91 Å². The summed E-state index contributed by atoms with van der Waals surface area (Å²) in [6.07, 6.45) is 0.715. The third kappa shape index (κ3) is 3.26. The molecule has 1 amide bonds. The van der Waals surface area contributed by atoms with Crippen molar-refractivity contribution in [2.24, 2.45) is 5.92 Å². The second kappa shape index (κ2) is 5.61. The van der Waals surface area contributed by atoms with E-state index in [1.165, 1.54) is 0 Å². The van der Waals surface area contributed by atoms with Crippen LogP contribution in [0.2, 0.25) is 5.02 Å². The molecule has 1 N–H and O–H groups in total. The van der Waals surface area contributed by atoms with Crippen molar-refractivity contribution in [1.29, 1.82) is 0 Å². The Hall–Kier alpha value is -1.55. The Kier molecular flexibility index (Phi) is 4.10. The highest BCUT2D eigenvalue weighted by molar-refractivity contribution is 6.31. The highest BCUT2D eigenvalue weighted by Crippen LogP contribution is 2.23. The summed E-state index contributed by atoms with van der Waals surface area (Å²) in [5.41, 5.74) is 1.91. The third-order valence-corrected chi connectivity index (χ3v) is 3.77. The number of carbonyl (C=O) groups excluding carboxylic acids is 1. The number of carboxylic acid groups (broad SMARTS) is 1. The smallest absolute Gasteiger partial charge is 0.308 e. The fraction of sp³-hybridized carbons (Fsp3) is 0.429. The Morgan fingerprint density at radius 1 is 1.53 bits per heavy atom. The van der Waals surface area contributed by atoms with E-state index >= 15 is 0 Å². The second-order valence-electron chi connectivity index (χ2n) is 4.94. The molecule has 1 aliphatic heterocycles. The van der Waals surface area contributed by atoms with Gasteiger partial charge in [0.05, 0.1) is 5.92 Å². The fourth-order valence-electron chi connectivity index (χ4n) is 2.26. The first-order chi connectivity index (χ1) is 8.97. The second-order valence-corrected chi connectivity index (χ2v) is 5.35. The maximum atomic E-state index is 11.8. The summed E-state index contributed by atoms with van der Waals surface area (Å²) in [6, 6.07) is 5.67. The van der Waals surface area contributed by atoms with Crippen molar-refractivity contribution in [1.82, 2.24) is 4.90 Å². The molecule has 19 heavy (non-hydrogen) atoms. The molecule has 1 heterocycles. The lowest BCUT2D eigenvalue weighted by Crippen LogP contribution is -2.42. The van der Waals surface area contributed by atoms with Gasteiger partial charge in [0.15, 0.2) is 0 Å². The zero-order valence-corrected chi connectivity index (χ0v) is 11.5. The minimum Gasteiger partial charge on any atom is -0.481 e. The fourth-order valence-corrected chi connectivity index (χ4v) is 2.55. The average Bonchev–Trinajstić information content (AvgIpc) is 2.34. The number of carbonyl (C=O) groups is 2. The molecule has 2 rings (SSSR count). The molecule has 1 aromatic carbocycles. The lowest BCUT2D eigenvalue weighted by molar-refractivity contribution is -0.147. The third-order valence-electron chi connectivity index (χ3n) is 3.42. The number of aryl methyl sites for hydroxylation is 1. The molecule has 102 valence electrons. The largest absolute Gasteiger partial charge is 0.481 e. The molecule has 1 atom stereocenters. The van der Waals surface area contributed by atoms with Gasteiger partial charge in [0.25, 0.3) is 0 Å². The first-order valence-corrected chi connectivity index (χ1v) is 6.61. The van der Waals surface area contributed by atoms with Crippen molar-refractivity contribution < 1.29 is 14.7 Å². The normalized spacial score (nSPS) is 19.6. The maximum absolute atomic E-state index is 11.8. The van der Waals surface area contributed by atoms with E-state index < -0.39 is 11.9 Å². The van der Waals surface area contributed by atoms with Crippen LogP contribution in [0.4, 0.5) is 0 Å². The predicted octanol–water partition coefficient (Wildman–Crippen LogP) is 2.47. The van der Waals surface area contributed by atoms with Gasteiger partial charge in [-0.3, -0.25) is 9.59 Å². The molecule has 0 saturated carbocycles. The molecule has 1 fully saturated rings. The monoisotopic (exact) mass is 281 g/mol. The van der Waals surface area contributed by atoms with E-state index in [0.717, 1.165) is 11.1 Å². The van der Waals surface area contributed by atoms with Crippen LogP contribution < -0.4 is 0 Å². The van der Waals surface area contributed by atoms with Gasteiger partial charge in [-0.05, 0) is 30.5 Å². The number of amides is 1. The van der Waals surface area contributed by atoms with Crippen molar-refractivity contribution in [3.63, 3.8) is 0 Å². The highest BCUT2D eigenvalue weighted by Gasteiger charge is 2.30. The van der Waals surface area contributed by atoms with Crippen LogP contribution in [0.15, 0.2) is 18.2 Å². The molecule has 5 heteroatoms. The lowest BCUT2D eigenvalue weighted by Gasteiger charge is -2.31. The highest BCUT2D eigenvalue weighted by atomic mass is 35.5. The van der Waals surface area contributed by atoms with E-state index in [1.807, 2.05) is 25.1 Å². The van der Waals surface area contributed by atoms with Gasteiger partial charge in [-0.2, -0.15) is 0 Å². The van der Waals surface area contributed by atoms with E-state index in [-0.39, 0.29) is 12.5 Å². The van der Waals surface area contributed by atoms with Crippen LogP contribution in [0.3, 0.4) is 0 Å². The topological polar surface area (TPSA) is 57.6 Å². The van der Waals surface area contributed by atoms with Crippen LogP contribution in [0.5, 0.6) is 0 Å². The first-order valence-electron chi connectivity index (χ1n) is 6.23. The van der Waals surface area contributed by atoms with E-state index in [2.05, 4.69) is 0 Å². The Labute approximate surface area is 117 Å². The van der Waals surface area contributed by atoms with Crippen LogP contribution in [-0.2, 0) is 16.1 Å². The van der Waals surface area contributed by atoms with Gasteiger partial charge in [-0.15, -0.1) is 0 Å². The van der Waals surface area contributed by atoms with Crippen LogP contribution in [0.1, 0.15) is 24.0 Å². The first kappa shape index (κ1) is 13.9. The zero-order chi connectivity index (χ0) is 14.0. The van der Waals surface area contributed by atoms with Gasteiger partial charge in [-0.1, -0.05) is 23.7 Å². The molecule has 0 bridgehead atoms. The lowest BCUT2D eigenvalue weighted by atomic mass is 9.97. The summed E-state index contributed by atoms with van der Waals surface area (Å²) in [5, 5.41) is 9.65. The zero-order valence-electron chi connectivity index (χ0n) is 10.7. The van der Waals surface area contributed by atoms with E-state index in [0.29, 0.717) is 24.4 Å². The minimum atomic E-state index is -0.840. The van der Waals surface area contributed by atoms with Crippen LogP contribution in [0.25, 0.3) is 0 Å². The van der Waals surface area contributed by atoms with Crippen LogP contribution in [-0.4, -0.2) is 28.4 Å². The molecule has 0 aliphatic carbocycles. The predicted molar refractivity (Wildman–Crippen MR) is 72.0 cm³/mol. The number of rotatable bonds is 3. The van der Waals surface area contributed by atoms with Crippen molar-refractivity contribution in [3.8, 4) is 0 Å². The molecule has 0 aromatic heterocycles. The van der Waals surface area contributed by atoms with E-state index in [1.54, 1.807) is 4.90 Å². The van der Waals surface area contributed by atoms with Crippen molar-refractivity contribution in [2.75, 3.05) is 6.54 Å². The quantitative estimate of drug-likeness (QED) is 0.926. The molecule has 1 aliphatic rings. The molecule has 0 radical (unpaired) electrons. The number of hydrogen-bond acceptors (Lipinski definition) is 2. The number of aliphatic carboxylic acids is 1. The van der Waals surface area contributed by atoms with Crippen molar-refractivity contribution in [2.45, 2.75) is 26.3 Å². The Morgan fingerprint density at radius 2 is 2.26 bits per heavy atom. The van der Waals surface area contributed by atoms with Gasteiger partial charge in [0.1, 0.15) is 0 Å². The molecule has 1 aromatic rings. The molecular formula is C14H16ClNO3. The molecule has 1 saturated heterocycles. The number of likely N-dealkylation sites (tertiary alicyclic amines) is 1. The summed E-state index contributed by atoms with van der Waals surface area (Å²) in [7, 11) is 0. The SMILES string of the molecule is Cc1ccc(CN2CC(C(=O)O)CCC2=O)c(Cl)c1. The average molecular weight is 282 g/mol. The van der Waals surface area contributed by atoms with Gasteiger partial charge < -0.3 is 10.0 Å². The van der Waals surface area contributed by atoms with E-state index in [4.69, 9.17) is 16.7 Å². The molecular weight excluding hydrogens is 266 g/mol. The standard InChI is InChI=1S/C14H16ClNO3/c1-9-2-3-10(12(15)6-9)7-16-8-11(14(18)19)4-5-13(16)17/h2-3,6,11H,4-5,7-8H2,1H3,(H,18,19). The number of nitrogens with zero attached hydrogens (tertiary/aromatic N) is 1. The van der Waals surface area contributed by atoms with Crippen LogP contribution in [0, 0.1) is 12.8 Å². The Morgan fingerprint density at radius 3 is 2.89 bits per heavy atom. The van der Waals surface area contributed by atoms with Gasteiger partial charge in [0, 0.05) is 24.5 Å². The summed E-state index contributed by atoms with van der Waals surface area (Å²) < 4.78 is 0. The van der Waals surface area contributed by atoms with E-state index in [9.17, 15) is 9.59 Å². The molecule has 0 spiro atoms.